The van der Waals surface area contributed by atoms with Gasteiger partial charge in [-0.1, -0.05) is 25.4 Å². The second-order valence-electron chi connectivity index (χ2n) is 4.16. The van der Waals surface area contributed by atoms with E-state index in [1.807, 2.05) is 6.92 Å². The fourth-order valence-corrected chi connectivity index (χ4v) is 1.93. The molecule has 1 amide bonds. The van der Waals surface area contributed by atoms with E-state index in [4.69, 9.17) is 17.3 Å². The third-order valence-corrected chi connectivity index (χ3v) is 2.93. The molecule has 0 aromatic heterocycles. The van der Waals surface area contributed by atoms with E-state index in [0.29, 0.717) is 22.9 Å². The molecule has 0 spiro atoms. The first kappa shape index (κ1) is 14.8. The van der Waals surface area contributed by atoms with Gasteiger partial charge in [0.1, 0.15) is 0 Å². The first-order chi connectivity index (χ1) is 8.56. The van der Waals surface area contributed by atoms with E-state index in [-0.39, 0.29) is 5.91 Å². The summed E-state index contributed by atoms with van der Waals surface area (Å²) in [4.78, 5) is 13.9. The molecule has 0 heterocycles. The smallest absolute Gasteiger partial charge is 0.238 e. The number of hydrogen-bond donors (Lipinski definition) is 2. The lowest BCUT2D eigenvalue weighted by molar-refractivity contribution is -0.117. The van der Waals surface area contributed by atoms with E-state index in [1.165, 1.54) is 0 Å². The number of likely N-dealkylation sites (N-methyl/N-ethyl adjacent to an activating group) is 1. The van der Waals surface area contributed by atoms with Crippen molar-refractivity contribution in [3.63, 3.8) is 0 Å². The van der Waals surface area contributed by atoms with Gasteiger partial charge in [0, 0.05) is 5.69 Å². The predicted molar refractivity (Wildman–Crippen MR) is 76.9 cm³/mol. The SMILES string of the molecule is CCCN(CC)CC(=O)Nc1ccc(N)cc1Cl. The molecule has 100 valence electrons. The lowest BCUT2D eigenvalue weighted by Gasteiger charge is -2.19. The minimum absolute atomic E-state index is 0.0584. The van der Waals surface area contributed by atoms with E-state index >= 15 is 0 Å². The molecule has 0 radical (unpaired) electrons. The summed E-state index contributed by atoms with van der Waals surface area (Å²) in [5, 5.41) is 3.25. The van der Waals surface area contributed by atoms with Gasteiger partial charge in [0.05, 0.1) is 17.3 Å². The Bertz CT molecular complexity index is 409. The molecule has 18 heavy (non-hydrogen) atoms. The second-order valence-corrected chi connectivity index (χ2v) is 4.56. The van der Waals surface area contributed by atoms with Crippen LogP contribution in [-0.4, -0.2) is 30.4 Å². The Hall–Kier alpha value is -1.26. The lowest BCUT2D eigenvalue weighted by Crippen LogP contribution is -2.33. The van der Waals surface area contributed by atoms with Crippen LogP contribution in [0.3, 0.4) is 0 Å². The van der Waals surface area contributed by atoms with Crippen LogP contribution < -0.4 is 11.1 Å². The molecule has 0 unspecified atom stereocenters. The van der Waals surface area contributed by atoms with E-state index < -0.39 is 0 Å². The number of anilines is 2. The molecule has 1 aromatic rings. The minimum Gasteiger partial charge on any atom is -0.399 e. The Balaban J connectivity index is 2.58. The zero-order valence-corrected chi connectivity index (χ0v) is 11.6. The maximum Gasteiger partial charge on any atom is 0.238 e. The highest BCUT2D eigenvalue weighted by Crippen LogP contribution is 2.23. The minimum atomic E-state index is -0.0584. The van der Waals surface area contributed by atoms with Crippen LogP contribution in [0.15, 0.2) is 18.2 Å². The molecule has 5 heteroatoms. The van der Waals surface area contributed by atoms with Gasteiger partial charge in [0.15, 0.2) is 0 Å². The first-order valence-electron chi connectivity index (χ1n) is 6.14. The topological polar surface area (TPSA) is 58.4 Å². The van der Waals surface area contributed by atoms with E-state index in [0.717, 1.165) is 19.5 Å². The number of carbonyl (C=O) groups excluding carboxylic acids is 1. The maximum absolute atomic E-state index is 11.9. The van der Waals surface area contributed by atoms with Crippen LogP contribution in [0.25, 0.3) is 0 Å². The van der Waals surface area contributed by atoms with Crippen LogP contribution in [0.5, 0.6) is 0 Å². The fourth-order valence-electron chi connectivity index (χ4n) is 1.69. The second kappa shape index (κ2) is 7.24. The van der Waals surface area contributed by atoms with Gasteiger partial charge in [-0.25, -0.2) is 0 Å². The highest BCUT2D eigenvalue weighted by atomic mass is 35.5. The Morgan fingerprint density at radius 1 is 1.44 bits per heavy atom. The summed E-state index contributed by atoms with van der Waals surface area (Å²) in [5.41, 5.74) is 6.78. The molecule has 0 bridgehead atoms. The average molecular weight is 270 g/mol. The molecule has 3 N–H and O–H groups in total. The number of nitrogens with two attached hydrogens (primary N) is 1. The third-order valence-electron chi connectivity index (χ3n) is 2.62. The molecule has 4 nitrogen and oxygen atoms in total. The summed E-state index contributed by atoms with van der Waals surface area (Å²) in [7, 11) is 0. The highest BCUT2D eigenvalue weighted by Gasteiger charge is 2.10. The van der Waals surface area contributed by atoms with Gasteiger partial charge in [-0.2, -0.15) is 0 Å². The van der Waals surface area contributed by atoms with Gasteiger partial charge < -0.3 is 11.1 Å². The van der Waals surface area contributed by atoms with Crippen LogP contribution in [-0.2, 0) is 4.79 Å². The van der Waals surface area contributed by atoms with Gasteiger partial charge in [-0.3, -0.25) is 9.69 Å². The number of nitrogens with one attached hydrogen (secondary N) is 1. The number of halogens is 1. The van der Waals surface area contributed by atoms with Crippen molar-refractivity contribution in [1.29, 1.82) is 0 Å². The molecule has 0 fully saturated rings. The number of rotatable bonds is 6. The maximum atomic E-state index is 11.9. The van der Waals surface area contributed by atoms with Crippen LogP contribution in [0.2, 0.25) is 5.02 Å². The lowest BCUT2D eigenvalue weighted by atomic mass is 10.3. The largest absolute Gasteiger partial charge is 0.399 e. The summed E-state index contributed by atoms with van der Waals surface area (Å²) in [6, 6.07) is 5.05. The van der Waals surface area contributed by atoms with E-state index in [9.17, 15) is 4.79 Å². The summed E-state index contributed by atoms with van der Waals surface area (Å²) in [6.45, 7) is 6.29. The Kier molecular flexibility index (Phi) is 5.95. The standard InChI is InChI=1S/C13H20ClN3O/c1-3-7-17(4-2)9-13(18)16-12-6-5-10(15)8-11(12)14/h5-6,8H,3-4,7,9,15H2,1-2H3,(H,16,18). The Labute approximate surface area is 113 Å². The first-order valence-corrected chi connectivity index (χ1v) is 6.51. The predicted octanol–water partition coefficient (Wildman–Crippen LogP) is 2.59. The number of benzene rings is 1. The Morgan fingerprint density at radius 3 is 2.72 bits per heavy atom. The van der Waals surface area contributed by atoms with Crippen molar-refractivity contribution in [2.24, 2.45) is 0 Å². The molecule has 1 rings (SSSR count). The summed E-state index contributed by atoms with van der Waals surface area (Å²) in [6.07, 6.45) is 1.03. The van der Waals surface area contributed by atoms with Crippen molar-refractivity contribution in [2.45, 2.75) is 20.3 Å². The molecule has 0 atom stereocenters. The van der Waals surface area contributed by atoms with Crippen LogP contribution in [0, 0.1) is 0 Å². The van der Waals surface area contributed by atoms with Crippen LogP contribution in [0.1, 0.15) is 20.3 Å². The number of nitrogen functional groups attached to an aromatic ring is 1. The van der Waals surface area contributed by atoms with Crippen molar-refractivity contribution in [3.8, 4) is 0 Å². The molecule has 0 aliphatic rings. The van der Waals surface area contributed by atoms with Crippen LogP contribution in [0.4, 0.5) is 11.4 Å². The van der Waals surface area contributed by atoms with Gasteiger partial charge in [0.2, 0.25) is 5.91 Å². The summed E-state index contributed by atoms with van der Waals surface area (Å²) < 4.78 is 0. The summed E-state index contributed by atoms with van der Waals surface area (Å²) in [5.74, 6) is -0.0584. The molecular weight excluding hydrogens is 250 g/mol. The number of hydrogen-bond acceptors (Lipinski definition) is 3. The zero-order chi connectivity index (χ0) is 13.5. The molecule has 0 aliphatic carbocycles. The van der Waals surface area contributed by atoms with Gasteiger partial charge >= 0.3 is 0 Å². The number of nitrogens with zero attached hydrogens (tertiary/aromatic N) is 1. The van der Waals surface area contributed by atoms with Crippen molar-refractivity contribution < 1.29 is 4.79 Å². The fraction of sp³-hybridized carbons (Fsp3) is 0.462. The number of carbonyl (C=O) groups is 1. The van der Waals surface area contributed by atoms with Gasteiger partial charge in [-0.15, -0.1) is 0 Å². The monoisotopic (exact) mass is 269 g/mol. The third kappa shape index (κ3) is 4.55. The normalized spacial score (nSPS) is 10.7. The molecule has 0 aliphatic heterocycles. The van der Waals surface area contributed by atoms with E-state index in [1.54, 1.807) is 18.2 Å². The van der Waals surface area contributed by atoms with Crippen molar-refractivity contribution >= 4 is 28.9 Å². The quantitative estimate of drug-likeness (QED) is 0.781. The average Bonchev–Trinajstić information content (AvgIpc) is 2.32. The zero-order valence-electron chi connectivity index (χ0n) is 10.9. The molecule has 0 saturated heterocycles. The van der Waals surface area contributed by atoms with Gasteiger partial charge in [0.25, 0.3) is 0 Å². The Morgan fingerprint density at radius 2 is 2.17 bits per heavy atom. The molecular formula is C13H20ClN3O. The van der Waals surface area contributed by atoms with Crippen molar-refractivity contribution in [2.75, 3.05) is 30.7 Å². The molecule has 1 aromatic carbocycles. The van der Waals surface area contributed by atoms with Crippen molar-refractivity contribution in [1.82, 2.24) is 4.90 Å². The molecule has 0 saturated carbocycles. The number of amides is 1. The van der Waals surface area contributed by atoms with Crippen molar-refractivity contribution in [3.05, 3.63) is 23.2 Å². The van der Waals surface area contributed by atoms with E-state index in [2.05, 4.69) is 17.1 Å². The van der Waals surface area contributed by atoms with Gasteiger partial charge in [-0.05, 0) is 37.7 Å². The summed E-state index contributed by atoms with van der Waals surface area (Å²) >= 11 is 6.00. The van der Waals surface area contributed by atoms with Crippen LogP contribution >= 0.6 is 11.6 Å². The highest BCUT2D eigenvalue weighted by molar-refractivity contribution is 6.34.